The highest BCUT2D eigenvalue weighted by atomic mass is 79.9. The van der Waals surface area contributed by atoms with Crippen molar-refractivity contribution in [1.82, 2.24) is 14.8 Å². The number of nitrogens with one attached hydrogen (secondary N) is 1. The fourth-order valence-corrected chi connectivity index (χ4v) is 1.52. The van der Waals surface area contributed by atoms with Crippen molar-refractivity contribution in [2.75, 3.05) is 5.32 Å². The lowest BCUT2D eigenvalue weighted by Gasteiger charge is -2.04. The molecule has 0 amide bonds. The number of aromatic nitrogens is 3. The monoisotopic (exact) mass is 280 g/mol. The van der Waals surface area contributed by atoms with Gasteiger partial charge in [0.25, 0.3) is 0 Å². The summed E-state index contributed by atoms with van der Waals surface area (Å²) in [5.41, 5.74) is 0.948. The maximum absolute atomic E-state index is 4.25. The standard InChI is InChI=1S/C11H13BrN4/c1-8(2)16-7-10(6-14-16)15-11-4-3-9(12)5-13-11/h3-8H,1-2H3,(H,13,15). The van der Waals surface area contributed by atoms with Crippen molar-refractivity contribution in [2.45, 2.75) is 19.9 Å². The van der Waals surface area contributed by atoms with Gasteiger partial charge < -0.3 is 5.32 Å². The van der Waals surface area contributed by atoms with Gasteiger partial charge in [0, 0.05) is 22.9 Å². The molecule has 0 aliphatic carbocycles. The fourth-order valence-electron chi connectivity index (χ4n) is 1.28. The summed E-state index contributed by atoms with van der Waals surface area (Å²) < 4.78 is 2.87. The van der Waals surface area contributed by atoms with Crippen LogP contribution in [0.3, 0.4) is 0 Å². The van der Waals surface area contributed by atoms with E-state index in [0.717, 1.165) is 16.0 Å². The second-order valence-electron chi connectivity index (χ2n) is 3.79. The molecule has 0 bridgehead atoms. The zero-order valence-corrected chi connectivity index (χ0v) is 10.8. The Morgan fingerprint density at radius 3 is 2.69 bits per heavy atom. The predicted molar refractivity (Wildman–Crippen MR) is 67.8 cm³/mol. The van der Waals surface area contributed by atoms with Crippen LogP contribution in [0, 0.1) is 0 Å². The molecule has 84 valence electrons. The highest BCUT2D eigenvalue weighted by molar-refractivity contribution is 9.10. The maximum atomic E-state index is 4.25. The number of halogens is 1. The topological polar surface area (TPSA) is 42.7 Å². The van der Waals surface area contributed by atoms with Crippen molar-refractivity contribution in [1.29, 1.82) is 0 Å². The molecule has 0 saturated heterocycles. The summed E-state index contributed by atoms with van der Waals surface area (Å²) in [6.45, 7) is 4.18. The van der Waals surface area contributed by atoms with Crippen molar-refractivity contribution < 1.29 is 0 Å². The van der Waals surface area contributed by atoms with Crippen LogP contribution in [0.4, 0.5) is 11.5 Å². The molecule has 0 unspecified atom stereocenters. The number of nitrogens with zero attached hydrogens (tertiary/aromatic N) is 3. The van der Waals surface area contributed by atoms with Crippen LogP contribution in [0.5, 0.6) is 0 Å². The Balaban J connectivity index is 2.11. The molecule has 16 heavy (non-hydrogen) atoms. The Kier molecular flexibility index (Phi) is 3.24. The molecule has 0 spiro atoms. The number of anilines is 2. The molecule has 0 atom stereocenters. The van der Waals surface area contributed by atoms with Crippen molar-refractivity contribution >= 4 is 27.4 Å². The van der Waals surface area contributed by atoms with E-state index in [2.05, 4.69) is 45.2 Å². The summed E-state index contributed by atoms with van der Waals surface area (Å²) in [6, 6.07) is 4.23. The van der Waals surface area contributed by atoms with Gasteiger partial charge >= 0.3 is 0 Å². The third-order valence-electron chi connectivity index (χ3n) is 2.13. The second kappa shape index (κ2) is 4.65. The molecule has 0 fully saturated rings. The maximum Gasteiger partial charge on any atom is 0.130 e. The molecule has 0 saturated carbocycles. The fraction of sp³-hybridized carbons (Fsp3) is 0.273. The highest BCUT2D eigenvalue weighted by Crippen LogP contribution is 2.16. The van der Waals surface area contributed by atoms with E-state index in [1.165, 1.54) is 0 Å². The molecule has 2 aromatic rings. The molecule has 0 aliphatic heterocycles. The van der Waals surface area contributed by atoms with Gasteiger partial charge in [0.1, 0.15) is 5.82 Å². The van der Waals surface area contributed by atoms with Gasteiger partial charge in [-0.25, -0.2) is 4.98 Å². The molecular formula is C11H13BrN4. The Labute approximate surface area is 103 Å². The third-order valence-corrected chi connectivity index (χ3v) is 2.60. The second-order valence-corrected chi connectivity index (χ2v) is 4.71. The van der Waals surface area contributed by atoms with E-state index in [9.17, 15) is 0 Å². The first-order chi connectivity index (χ1) is 7.65. The van der Waals surface area contributed by atoms with E-state index >= 15 is 0 Å². The molecule has 2 rings (SSSR count). The molecule has 0 aliphatic rings. The van der Waals surface area contributed by atoms with Gasteiger partial charge in [-0.05, 0) is 41.9 Å². The van der Waals surface area contributed by atoms with Gasteiger partial charge in [-0.3, -0.25) is 4.68 Å². The van der Waals surface area contributed by atoms with Crippen LogP contribution in [-0.2, 0) is 0 Å². The number of rotatable bonds is 3. The molecule has 4 nitrogen and oxygen atoms in total. The van der Waals surface area contributed by atoms with Gasteiger partial charge in [0.05, 0.1) is 11.9 Å². The minimum Gasteiger partial charge on any atom is -0.338 e. The summed E-state index contributed by atoms with van der Waals surface area (Å²) >= 11 is 3.35. The van der Waals surface area contributed by atoms with E-state index in [1.54, 1.807) is 12.4 Å². The number of pyridine rings is 1. The number of hydrogen-bond acceptors (Lipinski definition) is 3. The summed E-state index contributed by atoms with van der Waals surface area (Å²) in [5.74, 6) is 0.812. The van der Waals surface area contributed by atoms with E-state index in [1.807, 2.05) is 23.0 Å². The van der Waals surface area contributed by atoms with Crippen LogP contribution in [0.2, 0.25) is 0 Å². The van der Waals surface area contributed by atoms with Crippen molar-refractivity contribution in [3.8, 4) is 0 Å². The van der Waals surface area contributed by atoms with Crippen molar-refractivity contribution in [2.24, 2.45) is 0 Å². The van der Waals surface area contributed by atoms with Crippen molar-refractivity contribution in [3.63, 3.8) is 0 Å². The lowest BCUT2D eigenvalue weighted by atomic mass is 10.4. The smallest absolute Gasteiger partial charge is 0.130 e. The van der Waals surface area contributed by atoms with E-state index in [-0.39, 0.29) is 0 Å². The van der Waals surface area contributed by atoms with E-state index in [4.69, 9.17) is 0 Å². The Hall–Kier alpha value is -1.36. The van der Waals surface area contributed by atoms with Gasteiger partial charge in [0.2, 0.25) is 0 Å². The van der Waals surface area contributed by atoms with Gasteiger partial charge in [0.15, 0.2) is 0 Å². The quantitative estimate of drug-likeness (QED) is 0.938. The largest absolute Gasteiger partial charge is 0.338 e. The lowest BCUT2D eigenvalue weighted by molar-refractivity contribution is 0.532. The zero-order chi connectivity index (χ0) is 11.5. The van der Waals surface area contributed by atoms with Crippen LogP contribution < -0.4 is 5.32 Å². The van der Waals surface area contributed by atoms with Gasteiger partial charge in [-0.1, -0.05) is 0 Å². The zero-order valence-electron chi connectivity index (χ0n) is 9.18. The van der Waals surface area contributed by atoms with Gasteiger partial charge in [-0.2, -0.15) is 5.10 Å². The molecule has 2 aromatic heterocycles. The van der Waals surface area contributed by atoms with Crippen LogP contribution in [0.15, 0.2) is 35.2 Å². The SMILES string of the molecule is CC(C)n1cc(Nc2ccc(Br)cn2)cn1. The minimum absolute atomic E-state index is 0.369. The van der Waals surface area contributed by atoms with Crippen LogP contribution >= 0.6 is 15.9 Å². The summed E-state index contributed by atoms with van der Waals surface area (Å²) in [5, 5.41) is 7.44. The molecular weight excluding hydrogens is 268 g/mol. The molecule has 0 radical (unpaired) electrons. The minimum atomic E-state index is 0.369. The van der Waals surface area contributed by atoms with Crippen molar-refractivity contribution in [3.05, 3.63) is 35.2 Å². The third kappa shape index (κ3) is 2.61. The summed E-state index contributed by atoms with van der Waals surface area (Å²) in [7, 11) is 0. The van der Waals surface area contributed by atoms with Crippen LogP contribution in [0.1, 0.15) is 19.9 Å². The lowest BCUT2D eigenvalue weighted by Crippen LogP contribution is -2.00. The first kappa shape index (κ1) is 11.1. The Morgan fingerprint density at radius 1 is 1.31 bits per heavy atom. The van der Waals surface area contributed by atoms with E-state index < -0.39 is 0 Å². The average Bonchev–Trinajstić information content (AvgIpc) is 2.70. The molecule has 5 heteroatoms. The van der Waals surface area contributed by atoms with Gasteiger partial charge in [-0.15, -0.1) is 0 Å². The number of hydrogen-bond donors (Lipinski definition) is 1. The highest BCUT2D eigenvalue weighted by Gasteiger charge is 2.02. The summed E-state index contributed by atoms with van der Waals surface area (Å²) in [6.07, 6.45) is 5.52. The van der Waals surface area contributed by atoms with Crippen LogP contribution in [-0.4, -0.2) is 14.8 Å². The average molecular weight is 281 g/mol. The first-order valence-electron chi connectivity index (χ1n) is 5.08. The summed E-state index contributed by atoms with van der Waals surface area (Å²) in [4.78, 5) is 4.23. The molecule has 2 heterocycles. The first-order valence-corrected chi connectivity index (χ1v) is 5.87. The molecule has 0 aromatic carbocycles. The van der Waals surface area contributed by atoms with Crippen LogP contribution in [0.25, 0.3) is 0 Å². The predicted octanol–water partition coefficient (Wildman–Crippen LogP) is 3.37. The Bertz CT molecular complexity index is 461. The normalized spacial score (nSPS) is 10.8. The Morgan fingerprint density at radius 2 is 2.12 bits per heavy atom. The van der Waals surface area contributed by atoms with E-state index in [0.29, 0.717) is 6.04 Å². The molecule has 1 N–H and O–H groups in total.